The first-order valence-electron chi connectivity index (χ1n) is 8.07. The topological polar surface area (TPSA) is 16.1 Å². The molecule has 0 aliphatic carbocycles. The highest BCUT2D eigenvalue weighted by atomic mass is 19.1. The SMILES string of the molecule is Cc1ccc(CC2CCN(CCc3cccnc3)C2)cc1F. The van der Waals surface area contributed by atoms with Crippen LogP contribution in [0.5, 0.6) is 0 Å². The van der Waals surface area contributed by atoms with Crippen molar-refractivity contribution in [3.05, 3.63) is 65.2 Å². The summed E-state index contributed by atoms with van der Waals surface area (Å²) >= 11 is 0. The lowest BCUT2D eigenvalue weighted by atomic mass is 9.98. The first-order chi connectivity index (χ1) is 10.7. The molecular formula is C19H23FN2. The van der Waals surface area contributed by atoms with E-state index in [9.17, 15) is 4.39 Å². The van der Waals surface area contributed by atoms with Crippen molar-refractivity contribution >= 4 is 0 Å². The lowest BCUT2D eigenvalue weighted by Gasteiger charge is -2.16. The van der Waals surface area contributed by atoms with E-state index < -0.39 is 0 Å². The van der Waals surface area contributed by atoms with Crippen molar-refractivity contribution in [1.82, 2.24) is 9.88 Å². The van der Waals surface area contributed by atoms with Gasteiger partial charge < -0.3 is 4.90 Å². The highest BCUT2D eigenvalue weighted by Crippen LogP contribution is 2.22. The van der Waals surface area contributed by atoms with Crippen LogP contribution < -0.4 is 0 Å². The number of aryl methyl sites for hydroxylation is 1. The van der Waals surface area contributed by atoms with Crippen LogP contribution in [-0.4, -0.2) is 29.5 Å². The molecule has 1 fully saturated rings. The molecule has 1 aromatic heterocycles. The summed E-state index contributed by atoms with van der Waals surface area (Å²) in [4.78, 5) is 6.68. The van der Waals surface area contributed by atoms with Gasteiger partial charge in [-0.15, -0.1) is 0 Å². The maximum absolute atomic E-state index is 13.6. The number of rotatable bonds is 5. The van der Waals surface area contributed by atoms with Gasteiger partial charge in [-0.05, 0) is 67.5 Å². The lowest BCUT2D eigenvalue weighted by molar-refractivity contribution is 0.328. The maximum Gasteiger partial charge on any atom is 0.126 e. The van der Waals surface area contributed by atoms with Crippen LogP contribution in [0.1, 0.15) is 23.1 Å². The summed E-state index contributed by atoms with van der Waals surface area (Å²) in [5, 5.41) is 0. The van der Waals surface area contributed by atoms with Crippen LogP contribution in [0.25, 0.3) is 0 Å². The quantitative estimate of drug-likeness (QED) is 0.838. The number of pyridine rings is 1. The third kappa shape index (κ3) is 3.92. The maximum atomic E-state index is 13.6. The van der Waals surface area contributed by atoms with Crippen molar-refractivity contribution in [2.45, 2.75) is 26.2 Å². The summed E-state index contributed by atoms with van der Waals surface area (Å²) in [5.41, 5.74) is 3.15. The first-order valence-corrected chi connectivity index (χ1v) is 8.07. The molecule has 2 aromatic rings. The molecule has 2 heterocycles. The molecule has 1 saturated heterocycles. The molecule has 1 aromatic carbocycles. The second-order valence-electron chi connectivity index (χ2n) is 6.35. The normalized spacial score (nSPS) is 18.7. The van der Waals surface area contributed by atoms with Gasteiger partial charge in [-0.2, -0.15) is 0 Å². The standard InChI is InChI=1S/C19H23FN2/c1-15-4-5-17(12-19(15)20)11-18-7-10-22(14-18)9-6-16-3-2-8-21-13-16/h2-5,8,12-13,18H,6-7,9-11,14H2,1H3. The number of benzene rings is 1. The van der Waals surface area contributed by atoms with Gasteiger partial charge in [-0.1, -0.05) is 18.2 Å². The molecule has 2 nitrogen and oxygen atoms in total. The Hall–Kier alpha value is -1.74. The summed E-state index contributed by atoms with van der Waals surface area (Å²) in [6.07, 6.45) is 7.02. The molecule has 1 unspecified atom stereocenters. The molecule has 3 heteroatoms. The minimum Gasteiger partial charge on any atom is -0.303 e. The zero-order valence-electron chi connectivity index (χ0n) is 13.1. The minimum absolute atomic E-state index is 0.0797. The van der Waals surface area contributed by atoms with E-state index in [1.54, 1.807) is 6.07 Å². The Morgan fingerprint density at radius 1 is 1.27 bits per heavy atom. The third-order valence-corrected chi connectivity index (χ3v) is 4.57. The summed E-state index contributed by atoms with van der Waals surface area (Å²) in [5.74, 6) is 0.569. The summed E-state index contributed by atoms with van der Waals surface area (Å²) in [6, 6.07) is 9.79. The number of aromatic nitrogens is 1. The van der Waals surface area contributed by atoms with Crippen LogP contribution in [0, 0.1) is 18.7 Å². The summed E-state index contributed by atoms with van der Waals surface area (Å²) in [6.45, 7) is 5.17. The summed E-state index contributed by atoms with van der Waals surface area (Å²) < 4.78 is 13.6. The van der Waals surface area contributed by atoms with Crippen LogP contribution in [-0.2, 0) is 12.8 Å². The third-order valence-electron chi connectivity index (χ3n) is 4.57. The van der Waals surface area contributed by atoms with Crippen molar-refractivity contribution in [1.29, 1.82) is 0 Å². The van der Waals surface area contributed by atoms with Gasteiger partial charge in [0.1, 0.15) is 5.82 Å². The van der Waals surface area contributed by atoms with Crippen molar-refractivity contribution in [2.24, 2.45) is 5.92 Å². The molecule has 1 aliphatic rings. The Morgan fingerprint density at radius 3 is 2.95 bits per heavy atom. The summed E-state index contributed by atoms with van der Waals surface area (Å²) in [7, 11) is 0. The molecule has 0 bridgehead atoms. The minimum atomic E-state index is -0.0797. The highest BCUT2D eigenvalue weighted by molar-refractivity contribution is 5.23. The Kier molecular flexibility index (Phi) is 4.84. The van der Waals surface area contributed by atoms with Crippen molar-refractivity contribution in [3.63, 3.8) is 0 Å². The number of hydrogen-bond acceptors (Lipinski definition) is 2. The Labute approximate surface area is 132 Å². The van der Waals surface area contributed by atoms with Gasteiger partial charge in [0.25, 0.3) is 0 Å². The predicted molar refractivity (Wildman–Crippen MR) is 87.3 cm³/mol. The number of likely N-dealkylation sites (tertiary alicyclic amines) is 1. The predicted octanol–water partition coefficient (Wildman–Crippen LogP) is 3.64. The van der Waals surface area contributed by atoms with E-state index in [0.717, 1.165) is 43.6 Å². The second-order valence-corrected chi connectivity index (χ2v) is 6.35. The lowest BCUT2D eigenvalue weighted by Crippen LogP contribution is -2.23. The first kappa shape index (κ1) is 15.2. The fourth-order valence-electron chi connectivity index (χ4n) is 3.21. The van der Waals surface area contributed by atoms with E-state index in [4.69, 9.17) is 0 Å². The molecular weight excluding hydrogens is 275 g/mol. The smallest absolute Gasteiger partial charge is 0.126 e. The number of halogens is 1. The molecule has 22 heavy (non-hydrogen) atoms. The molecule has 1 aliphatic heterocycles. The van der Waals surface area contributed by atoms with Crippen LogP contribution in [0.2, 0.25) is 0 Å². The average Bonchev–Trinajstić information content (AvgIpc) is 2.97. The number of hydrogen-bond donors (Lipinski definition) is 0. The van der Waals surface area contributed by atoms with Gasteiger partial charge in [0, 0.05) is 25.5 Å². The monoisotopic (exact) mass is 298 g/mol. The van der Waals surface area contributed by atoms with Gasteiger partial charge in [-0.25, -0.2) is 4.39 Å². The van der Waals surface area contributed by atoms with Crippen molar-refractivity contribution < 1.29 is 4.39 Å². The van der Waals surface area contributed by atoms with Crippen LogP contribution >= 0.6 is 0 Å². The molecule has 0 spiro atoms. The zero-order valence-corrected chi connectivity index (χ0v) is 13.1. The van der Waals surface area contributed by atoms with E-state index in [0.29, 0.717) is 5.92 Å². The van der Waals surface area contributed by atoms with Crippen LogP contribution in [0.3, 0.4) is 0 Å². The largest absolute Gasteiger partial charge is 0.303 e. The molecule has 0 saturated carbocycles. The van der Waals surface area contributed by atoms with Crippen molar-refractivity contribution in [2.75, 3.05) is 19.6 Å². The molecule has 0 N–H and O–H groups in total. The molecule has 0 amide bonds. The fourth-order valence-corrected chi connectivity index (χ4v) is 3.21. The molecule has 3 rings (SSSR count). The van der Waals surface area contributed by atoms with E-state index in [2.05, 4.69) is 22.0 Å². The Bertz CT molecular complexity index is 612. The van der Waals surface area contributed by atoms with E-state index in [1.807, 2.05) is 31.5 Å². The number of nitrogens with zero attached hydrogens (tertiary/aromatic N) is 2. The van der Waals surface area contributed by atoms with Gasteiger partial charge >= 0.3 is 0 Å². The van der Waals surface area contributed by atoms with Crippen LogP contribution in [0.4, 0.5) is 4.39 Å². The van der Waals surface area contributed by atoms with E-state index >= 15 is 0 Å². The van der Waals surface area contributed by atoms with Gasteiger partial charge in [-0.3, -0.25) is 4.98 Å². The molecule has 116 valence electrons. The van der Waals surface area contributed by atoms with Crippen molar-refractivity contribution in [3.8, 4) is 0 Å². The Balaban J connectivity index is 1.48. The fraction of sp³-hybridized carbons (Fsp3) is 0.421. The molecule has 0 radical (unpaired) electrons. The van der Waals surface area contributed by atoms with Gasteiger partial charge in [0.2, 0.25) is 0 Å². The second kappa shape index (κ2) is 7.01. The van der Waals surface area contributed by atoms with E-state index in [1.165, 1.54) is 12.0 Å². The van der Waals surface area contributed by atoms with Gasteiger partial charge in [0.15, 0.2) is 0 Å². The van der Waals surface area contributed by atoms with Crippen LogP contribution in [0.15, 0.2) is 42.7 Å². The highest BCUT2D eigenvalue weighted by Gasteiger charge is 2.22. The molecule has 1 atom stereocenters. The van der Waals surface area contributed by atoms with Gasteiger partial charge in [0.05, 0.1) is 0 Å². The zero-order chi connectivity index (χ0) is 15.4. The van der Waals surface area contributed by atoms with E-state index in [-0.39, 0.29) is 5.82 Å². The average molecular weight is 298 g/mol. The Morgan fingerprint density at radius 2 is 2.18 bits per heavy atom.